The number of hydrogen-bond acceptors (Lipinski definition) is 5. The lowest BCUT2D eigenvalue weighted by Crippen LogP contribution is -2.42. The van der Waals surface area contributed by atoms with Crippen molar-refractivity contribution in [1.82, 2.24) is 0 Å². The van der Waals surface area contributed by atoms with Gasteiger partial charge in [0.25, 0.3) is 0 Å². The van der Waals surface area contributed by atoms with E-state index >= 15 is 0 Å². The maximum absolute atomic E-state index is 12.9. The highest BCUT2D eigenvalue weighted by Crippen LogP contribution is 2.69. The molecule has 0 aromatic carbocycles. The van der Waals surface area contributed by atoms with Crippen molar-refractivity contribution in [3.05, 3.63) is 0 Å². The lowest BCUT2D eigenvalue weighted by atomic mass is 9.66. The van der Waals surface area contributed by atoms with E-state index in [9.17, 15) is 9.59 Å². The summed E-state index contributed by atoms with van der Waals surface area (Å²) >= 11 is 1.62. The summed E-state index contributed by atoms with van der Waals surface area (Å²) in [5.74, 6) is 3.55. The van der Waals surface area contributed by atoms with Crippen LogP contribution in [0.5, 0.6) is 0 Å². The Morgan fingerprint density at radius 1 is 1.08 bits per heavy atom. The van der Waals surface area contributed by atoms with E-state index in [0.29, 0.717) is 29.6 Å². The lowest BCUT2D eigenvalue weighted by molar-refractivity contribution is -0.162. The summed E-state index contributed by atoms with van der Waals surface area (Å²) in [6, 6.07) is 0. The predicted octanol–water partition coefficient (Wildman–Crippen LogP) is 3.88. The second-order valence-corrected chi connectivity index (χ2v) is 10.1. The first-order valence-electron chi connectivity index (χ1n) is 9.82. The molecule has 9 unspecified atom stereocenters. The molecule has 9 atom stereocenters. The van der Waals surface area contributed by atoms with Crippen LogP contribution in [0.15, 0.2) is 0 Å². The van der Waals surface area contributed by atoms with Crippen LogP contribution in [0.4, 0.5) is 0 Å². The average Bonchev–Trinajstić information content (AvgIpc) is 3.31. The highest BCUT2D eigenvalue weighted by molar-refractivity contribution is 7.99. The number of hydrogen-bond donors (Lipinski definition) is 0. The molecule has 4 aliphatic carbocycles. The van der Waals surface area contributed by atoms with Crippen LogP contribution in [-0.2, 0) is 19.1 Å². The molecule has 4 aliphatic rings. The van der Waals surface area contributed by atoms with Gasteiger partial charge in [-0.1, -0.05) is 6.92 Å². The van der Waals surface area contributed by atoms with Crippen LogP contribution in [0.2, 0.25) is 0 Å². The van der Waals surface area contributed by atoms with Gasteiger partial charge >= 0.3 is 11.9 Å². The number of esters is 2. The van der Waals surface area contributed by atoms with Gasteiger partial charge in [-0.25, -0.2) is 0 Å². The van der Waals surface area contributed by atoms with Crippen LogP contribution in [0.1, 0.15) is 52.9 Å². The molecule has 0 aliphatic heterocycles. The van der Waals surface area contributed by atoms with Gasteiger partial charge in [0, 0.05) is 6.92 Å². The van der Waals surface area contributed by atoms with Crippen LogP contribution in [0, 0.1) is 41.4 Å². The normalized spacial score (nSPS) is 45.9. The number of carbonyl (C=O) groups excluding carboxylic acids is 2. The van der Waals surface area contributed by atoms with Gasteiger partial charge in [-0.2, -0.15) is 0 Å². The second kappa shape index (κ2) is 6.17. The van der Waals surface area contributed by atoms with Crippen molar-refractivity contribution in [3.63, 3.8) is 0 Å². The fraction of sp³-hybridized carbons (Fsp3) is 0.900. The lowest BCUT2D eigenvalue weighted by Gasteiger charge is -2.41. The van der Waals surface area contributed by atoms with E-state index < -0.39 is 4.93 Å². The summed E-state index contributed by atoms with van der Waals surface area (Å²) in [7, 11) is 0. The second-order valence-electron chi connectivity index (χ2n) is 8.81. The summed E-state index contributed by atoms with van der Waals surface area (Å²) in [5, 5.41) is 0. The smallest absolute Gasteiger partial charge is 0.310 e. The van der Waals surface area contributed by atoms with Crippen molar-refractivity contribution >= 4 is 23.7 Å². The first kappa shape index (κ1) is 17.7. The minimum absolute atomic E-state index is 0.0106. The third-order valence-corrected chi connectivity index (χ3v) is 9.00. The van der Waals surface area contributed by atoms with Gasteiger partial charge in [0.05, 0.1) is 5.92 Å². The van der Waals surface area contributed by atoms with Gasteiger partial charge in [0.2, 0.25) is 0 Å². The van der Waals surface area contributed by atoms with Crippen molar-refractivity contribution in [3.8, 4) is 0 Å². The Kier molecular flexibility index (Phi) is 4.37. The van der Waals surface area contributed by atoms with E-state index in [1.165, 1.54) is 19.8 Å². The van der Waals surface area contributed by atoms with E-state index in [2.05, 4.69) is 6.92 Å². The van der Waals surface area contributed by atoms with E-state index in [4.69, 9.17) is 9.47 Å². The molecule has 4 rings (SSSR count). The first-order valence-corrected chi connectivity index (χ1v) is 11.0. The van der Waals surface area contributed by atoms with Crippen LogP contribution in [0.25, 0.3) is 0 Å². The molecule has 5 heteroatoms. The largest absolute Gasteiger partial charge is 0.462 e. The molecular formula is C20H30O4S. The number of fused-ring (bicyclic) bond motifs is 9. The van der Waals surface area contributed by atoms with Crippen molar-refractivity contribution in [2.45, 2.75) is 63.9 Å². The van der Waals surface area contributed by atoms with Gasteiger partial charge < -0.3 is 9.47 Å². The molecule has 4 bridgehead atoms. The molecule has 0 spiro atoms. The van der Waals surface area contributed by atoms with Gasteiger partial charge in [-0.3, -0.25) is 9.59 Å². The Morgan fingerprint density at radius 2 is 1.76 bits per heavy atom. The Bertz CT molecular complexity index is 572. The zero-order valence-electron chi connectivity index (χ0n) is 15.7. The third kappa shape index (κ3) is 2.72. The average molecular weight is 367 g/mol. The molecule has 0 aromatic rings. The molecule has 4 fully saturated rings. The number of rotatable bonds is 5. The highest BCUT2D eigenvalue weighted by atomic mass is 32.2. The molecule has 0 radical (unpaired) electrons. The van der Waals surface area contributed by atoms with Gasteiger partial charge in [0.1, 0.15) is 6.10 Å². The Balaban J connectivity index is 1.48. The molecule has 4 saturated carbocycles. The SMILES string of the molecule is CCC(C)(OC(=O)C1CC2CC1C1C3CC(CC3OC(C)=O)C21)SC. The molecular weight excluding hydrogens is 336 g/mol. The minimum Gasteiger partial charge on any atom is -0.462 e. The van der Waals surface area contributed by atoms with E-state index in [1.54, 1.807) is 11.8 Å². The molecule has 0 N–H and O–H groups in total. The maximum atomic E-state index is 12.9. The molecule has 0 aromatic heterocycles. The Hall–Kier alpha value is -0.710. The Labute approximate surface area is 154 Å². The zero-order chi connectivity index (χ0) is 17.9. The number of thioether (sulfide) groups is 1. The first-order chi connectivity index (χ1) is 11.9. The quantitative estimate of drug-likeness (QED) is 0.420. The monoisotopic (exact) mass is 366 g/mol. The highest BCUT2D eigenvalue weighted by Gasteiger charge is 2.66. The summed E-state index contributed by atoms with van der Waals surface area (Å²) in [6.45, 7) is 5.60. The van der Waals surface area contributed by atoms with E-state index in [0.717, 1.165) is 25.2 Å². The van der Waals surface area contributed by atoms with Crippen molar-refractivity contribution in [1.29, 1.82) is 0 Å². The summed E-state index contributed by atoms with van der Waals surface area (Å²) in [5.41, 5.74) is 0. The Morgan fingerprint density at radius 3 is 2.40 bits per heavy atom. The molecule has 140 valence electrons. The van der Waals surface area contributed by atoms with Crippen LogP contribution >= 0.6 is 11.8 Å². The molecule has 0 heterocycles. The van der Waals surface area contributed by atoms with E-state index in [1.807, 2.05) is 13.2 Å². The molecule has 0 saturated heterocycles. The van der Waals surface area contributed by atoms with Crippen molar-refractivity contribution < 1.29 is 19.1 Å². The number of ether oxygens (including phenoxy) is 2. The molecule has 25 heavy (non-hydrogen) atoms. The fourth-order valence-electron chi connectivity index (χ4n) is 6.71. The van der Waals surface area contributed by atoms with Crippen LogP contribution in [0.3, 0.4) is 0 Å². The standard InChI is InChI=1S/C20H30O4S/c1-5-20(3,25-4)24-19(22)14-7-11-6-13(14)18-15-8-12(17(11)18)9-16(15)23-10(2)21/h11-18H,5-9H2,1-4H3. The number of carbonyl (C=O) groups is 2. The van der Waals surface area contributed by atoms with Crippen molar-refractivity contribution in [2.24, 2.45) is 41.4 Å². The topological polar surface area (TPSA) is 52.6 Å². The minimum atomic E-state index is -0.409. The summed E-state index contributed by atoms with van der Waals surface area (Å²) in [6.07, 6.45) is 7.35. The third-order valence-electron chi connectivity index (χ3n) is 7.77. The fourth-order valence-corrected chi connectivity index (χ4v) is 7.16. The zero-order valence-corrected chi connectivity index (χ0v) is 16.5. The summed E-state index contributed by atoms with van der Waals surface area (Å²) in [4.78, 5) is 23.9. The predicted molar refractivity (Wildman–Crippen MR) is 96.8 cm³/mol. The van der Waals surface area contributed by atoms with Crippen LogP contribution < -0.4 is 0 Å². The van der Waals surface area contributed by atoms with Crippen molar-refractivity contribution in [2.75, 3.05) is 6.26 Å². The van der Waals surface area contributed by atoms with Gasteiger partial charge in [-0.05, 0) is 80.8 Å². The molecule has 0 amide bonds. The van der Waals surface area contributed by atoms with Crippen LogP contribution in [-0.4, -0.2) is 29.2 Å². The van der Waals surface area contributed by atoms with Gasteiger partial charge in [-0.15, -0.1) is 11.8 Å². The van der Waals surface area contributed by atoms with E-state index in [-0.39, 0.29) is 24.0 Å². The molecule has 4 nitrogen and oxygen atoms in total. The summed E-state index contributed by atoms with van der Waals surface area (Å²) < 4.78 is 11.5. The van der Waals surface area contributed by atoms with Gasteiger partial charge in [0.15, 0.2) is 4.93 Å². The maximum Gasteiger partial charge on any atom is 0.310 e.